The van der Waals surface area contributed by atoms with Crippen molar-refractivity contribution in [2.45, 2.75) is 49.3 Å². The highest BCUT2D eigenvalue weighted by Crippen LogP contribution is 2.46. The Labute approximate surface area is 162 Å². The molecule has 0 bridgehead atoms. The molecule has 1 aromatic carbocycles. The van der Waals surface area contributed by atoms with E-state index in [-0.39, 0.29) is 23.4 Å². The van der Waals surface area contributed by atoms with Crippen molar-refractivity contribution in [1.29, 1.82) is 0 Å². The molecule has 2 heterocycles. The lowest BCUT2D eigenvalue weighted by molar-refractivity contribution is -0.137. The van der Waals surface area contributed by atoms with Crippen molar-refractivity contribution in [3.63, 3.8) is 0 Å². The molecule has 6 nitrogen and oxygen atoms in total. The van der Waals surface area contributed by atoms with Gasteiger partial charge in [-0.25, -0.2) is 4.39 Å². The highest BCUT2D eigenvalue weighted by Gasteiger charge is 2.44. The highest BCUT2D eigenvalue weighted by molar-refractivity contribution is 8.02. The maximum atomic E-state index is 13.6. The fourth-order valence-electron chi connectivity index (χ4n) is 3.76. The van der Waals surface area contributed by atoms with Gasteiger partial charge in [0.25, 0.3) is 0 Å². The molecule has 2 aliphatic rings. The number of Topliss-reactive ketones (excluding diaryl/α,β-unsaturated/α-hetero) is 1. The Morgan fingerprint density at radius 3 is 2.81 bits per heavy atom. The molecule has 27 heavy (non-hydrogen) atoms. The lowest BCUT2D eigenvalue weighted by Gasteiger charge is -2.37. The van der Waals surface area contributed by atoms with E-state index in [9.17, 15) is 19.1 Å². The Balaban J connectivity index is 1.87. The predicted molar refractivity (Wildman–Crippen MR) is 106 cm³/mol. The number of fused-ring (bicyclic) bond motifs is 1. The number of carboxylic acid groups (broad SMARTS) is 1. The number of rotatable bonds is 8. The van der Waals surface area contributed by atoms with Gasteiger partial charge in [-0.05, 0) is 56.5 Å². The van der Waals surface area contributed by atoms with E-state index >= 15 is 0 Å². The highest BCUT2D eigenvalue weighted by atomic mass is 32.2. The molecule has 0 amide bonds. The van der Waals surface area contributed by atoms with Gasteiger partial charge in [0.05, 0.1) is 23.0 Å². The molecule has 2 aliphatic heterocycles. The monoisotopic (exact) mass is 395 g/mol. The van der Waals surface area contributed by atoms with Crippen molar-refractivity contribution in [2.24, 2.45) is 5.92 Å². The Morgan fingerprint density at radius 1 is 1.37 bits per heavy atom. The summed E-state index contributed by atoms with van der Waals surface area (Å²) < 4.78 is 13.6. The summed E-state index contributed by atoms with van der Waals surface area (Å²) in [6.07, 6.45) is 2.93. The van der Waals surface area contributed by atoms with Crippen LogP contribution in [0.25, 0.3) is 0 Å². The van der Waals surface area contributed by atoms with E-state index in [0.29, 0.717) is 17.8 Å². The van der Waals surface area contributed by atoms with E-state index in [1.807, 2.05) is 6.92 Å². The number of ketones is 1. The predicted octanol–water partition coefficient (Wildman–Crippen LogP) is 3.26. The summed E-state index contributed by atoms with van der Waals surface area (Å²) in [5, 5.41) is 18.8. The van der Waals surface area contributed by atoms with Gasteiger partial charge in [-0.15, -0.1) is 11.8 Å². The average molecular weight is 396 g/mol. The number of nitrogens with one attached hydrogen (secondary N) is 3. The Hall–Kier alpha value is -1.80. The van der Waals surface area contributed by atoms with Crippen LogP contribution in [0.5, 0.6) is 0 Å². The molecule has 0 radical (unpaired) electrons. The minimum atomic E-state index is -1.08. The van der Waals surface area contributed by atoms with Crippen LogP contribution in [0.15, 0.2) is 18.2 Å². The van der Waals surface area contributed by atoms with Gasteiger partial charge in [-0.1, -0.05) is 6.92 Å². The number of hydrogen-bond donors (Lipinski definition) is 4. The minimum Gasteiger partial charge on any atom is -0.481 e. The molecule has 148 valence electrons. The van der Waals surface area contributed by atoms with Crippen LogP contribution in [-0.2, 0) is 9.59 Å². The van der Waals surface area contributed by atoms with Gasteiger partial charge >= 0.3 is 5.97 Å². The number of piperidine rings is 1. The SMILES string of the molecule is CCCC(=O)C(SC1(CC(=O)O)Nc2ccc(F)cc2N1)C1CCCNC1. The van der Waals surface area contributed by atoms with Crippen LogP contribution in [0.2, 0.25) is 0 Å². The van der Waals surface area contributed by atoms with Crippen molar-refractivity contribution >= 4 is 34.9 Å². The van der Waals surface area contributed by atoms with Gasteiger partial charge in [0.15, 0.2) is 4.99 Å². The molecule has 1 saturated heterocycles. The molecule has 4 N–H and O–H groups in total. The van der Waals surface area contributed by atoms with E-state index in [2.05, 4.69) is 16.0 Å². The first-order valence-electron chi connectivity index (χ1n) is 9.41. The molecule has 1 aromatic rings. The number of anilines is 2. The lowest BCUT2D eigenvalue weighted by Crippen LogP contribution is -2.47. The van der Waals surface area contributed by atoms with Crippen LogP contribution in [0.4, 0.5) is 15.8 Å². The third kappa shape index (κ3) is 4.73. The Morgan fingerprint density at radius 2 is 2.15 bits per heavy atom. The van der Waals surface area contributed by atoms with Crippen LogP contribution in [-0.4, -0.2) is 40.2 Å². The van der Waals surface area contributed by atoms with E-state index in [1.165, 1.54) is 23.9 Å². The van der Waals surface area contributed by atoms with Crippen LogP contribution in [0, 0.1) is 11.7 Å². The van der Waals surface area contributed by atoms with Crippen molar-refractivity contribution in [3.8, 4) is 0 Å². The number of carboxylic acids is 1. The van der Waals surface area contributed by atoms with Gasteiger partial charge in [0.2, 0.25) is 0 Å². The maximum absolute atomic E-state index is 13.6. The molecular formula is C19H26FN3O3S. The zero-order valence-corrected chi connectivity index (χ0v) is 16.2. The topological polar surface area (TPSA) is 90.5 Å². The average Bonchev–Trinajstić information content (AvgIpc) is 2.97. The molecule has 0 saturated carbocycles. The zero-order chi connectivity index (χ0) is 19.4. The van der Waals surface area contributed by atoms with Gasteiger partial charge in [0.1, 0.15) is 11.6 Å². The van der Waals surface area contributed by atoms with E-state index in [1.54, 1.807) is 6.07 Å². The fraction of sp³-hybridized carbons (Fsp3) is 0.579. The number of carbonyl (C=O) groups is 2. The standard InChI is InChI=1S/C19H26FN3O3S/c1-2-4-16(24)18(12-5-3-8-21-11-12)27-19(10-17(25)26)22-14-7-6-13(20)9-15(14)23-19/h6-7,9,12,18,21-23H,2-5,8,10-11H2,1H3,(H,25,26). The van der Waals surface area contributed by atoms with Crippen LogP contribution >= 0.6 is 11.8 Å². The molecule has 8 heteroatoms. The van der Waals surface area contributed by atoms with Gasteiger partial charge in [-0.3, -0.25) is 9.59 Å². The summed E-state index contributed by atoms with van der Waals surface area (Å²) in [7, 11) is 0. The number of benzene rings is 1. The molecule has 3 unspecified atom stereocenters. The molecule has 0 aliphatic carbocycles. The molecular weight excluding hydrogens is 369 g/mol. The summed E-state index contributed by atoms with van der Waals surface area (Å²) in [4.78, 5) is 23.4. The zero-order valence-electron chi connectivity index (χ0n) is 15.4. The van der Waals surface area contributed by atoms with Crippen molar-refractivity contribution in [1.82, 2.24) is 5.32 Å². The van der Waals surface area contributed by atoms with Crippen LogP contribution < -0.4 is 16.0 Å². The van der Waals surface area contributed by atoms with E-state index in [0.717, 1.165) is 32.4 Å². The van der Waals surface area contributed by atoms with E-state index < -0.39 is 16.8 Å². The summed E-state index contributed by atoms with van der Waals surface area (Å²) in [5.74, 6) is -1.09. The van der Waals surface area contributed by atoms with Crippen LogP contribution in [0.1, 0.15) is 39.0 Å². The summed E-state index contributed by atoms with van der Waals surface area (Å²) in [6, 6.07) is 4.27. The molecule has 0 spiro atoms. The number of thioether (sulfide) groups is 1. The Kier molecular flexibility index (Phi) is 6.26. The second-order valence-electron chi connectivity index (χ2n) is 7.20. The second-order valence-corrected chi connectivity index (χ2v) is 8.64. The van der Waals surface area contributed by atoms with Crippen LogP contribution in [0.3, 0.4) is 0 Å². The second kappa shape index (κ2) is 8.48. The fourth-order valence-corrected chi connectivity index (χ4v) is 5.42. The van der Waals surface area contributed by atoms with Crippen molar-refractivity contribution in [3.05, 3.63) is 24.0 Å². The number of hydrogen-bond acceptors (Lipinski definition) is 6. The third-order valence-electron chi connectivity index (χ3n) is 4.96. The first-order valence-corrected chi connectivity index (χ1v) is 10.3. The molecule has 3 rings (SSSR count). The summed E-state index contributed by atoms with van der Waals surface area (Å²) >= 11 is 1.33. The van der Waals surface area contributed by atoms with Gasteiger partial charge in [0, 0.05) is 6.42 Å². The third-order valence-corrected chi connectivity index (χ3v) is 6.61. The molecule has 0 aromatic heterocycles. The Bertz CT molecular complexity index is 711. The number of carbonyl (C=O) groups excluding carboxylic acids is 1. The lowest BCUT2D eigenvalue weighted by atomic mass is 9.92. The normalized spacial score (nSPS) is 25.2. The number of aliphatic carboxylic acids is 1. The summed E-state index contributed by atoms with van der Waals surface area (Å²) in [6.45, 7) is 3.66. The largest absolute Gasteiger partial charge is 0.481 e. The summed E-state index contributed by atoms with van der Waals surface area (Å²) in [5.41, 5.74) is 1.17. The van der Waals surface area contributed by atoms with Gasteiger partial charge in [-0.2, -0.15) is 0 Å². The van der Waals surface area contributed by atoms with Crippen molar-refractivity contribution < 1.29 is 19.1 Å². The molecule has 1 fully saturated rings. The smallest absolute Gasteiger partial charge is 0.308 e. The number of halogens is 1. The molecule has 3 atom stereocenters. The van der Waals surface area contributed by atoms with E-state index in [4.69, 9.17) is 0 Å². The minimum absolute atomic E-state index is 0.145. The van der Waals surface area contributed by atoms with Crippen molar-refractivity contribution in [2.75, 3.05) is 23.7 Å². The first kappa shape index (κ1) is 19.9. The van der Waals surface area contributed by atoms with Gasteiger partial charge < -0.3 is 21.1 Å². The maximum Gasteiger partial charge on any atom is 0.308 e. The quantitative estimate of drug-likeness (QED) is 0.537. The first-order chi connectivity index (χ1) is 12.9.